The number of amides is 1. The van der Waals surface area contributed by atoms with Gasteiger partial charge in [0.15, 0.2) is 0 Å². The van der Waals surface area contributed by atoms with Crippen molar-refractivity contribution in [3.8, 4) is 0 Å². The van der Waals surface area contributed by atoms with Crippen LogP contribution in [0.5, 0.6) is 0 Å². The molecule has 1 saturated heterocycles. The molecule has 0 radical (unpaired) electrons. The van der Waals surface area contributed by atoms with Crippen LogP contribution in [0.3, 0.4) is 0 Å². The summed E-state index contributed by atoms with van der Waals surface area (Å²) in [5, 5.41) is 0.990. The predicted molar refractivity (Wildman–Crippen MR) is 96.3 cm³/mol. The Bertz CT molecular complexity index is 810. The number of hydrogen-bond donors (Lipinski definition) is 1. The first kappa shape index (κ1) is 15.6. The molecule has 2 aliphatic rings. The summed E-state index contributed by atoms with van der Waals surface area (Å²) in [7, 11) is 0. The van der Waals surface area contributed by atoms with Gasteiger partial charge in [-0.25, -0.2) is 0 Å². The fourth-order valence-electron chi connectivity index (χ4n) is 3.97. The summed E-state index contributed by atoms with van der Waals surface area (Å²) in [5.41, 5.74) is 11.1. The van der Waals surface area contributed by atoms with Crippen LogP contribution in [0.15, 0.2) is 18.2 Å². The molecule has 0 bridgehead atoms. The second-order valence-corrected chi connectivity index (χ2v) is 7.38. The van der Waals surface area contributed by atoms with Crippen molar-refractivity contribution < 1.29 is 4.79 Å². The highest BCUT2D eigenvalue weighted by Crippen LogP contribution is 2.41. The lowest BCUT2D eigenvalue weighted by molar-refractivity contribution is 0.0743. The monoisotopic (exact) mass is 323 g/mol. The minimum atomic E-state index is 0.127. The van der Waals surface area contributed by atoms with Gasteiger partial charge in [-0.3, -0.25) is 9.78 Å². The van der Waals surface area contributed by atoms with Crippen molar-refractivity contribution in [2.45, 2.75) is 51.5 Å². The molecule has 1 aliphatic heterocycles. The number of nitrogens with zero attached hydrogens (tertiary/aromatic N) is 2. The minimum Gasteiger partial charge on any atom is -0.334 e. The highest BCUT2D eigenvalue weighted by Gasteiger charge is 2.32. The Morgan fingerprint density at radius 1 is 1.25 bits per heavy atom. The highest BCUT2D eigenvalue weighted by atomic mass is 16.2. The molecular weight excluding hydrogens is 298 g/mol. The van der Waals surface area contributed by atoms with E-state index in [4.69, 9.17) is 10.7 Å². The van der Waals surface area contributed by atoms with Crippen LogP contribution in [0.2, 0.25) is 0 Å². The summed E-state index contributed by atoms with van der Waals surface area (Å²) in [6.45, 7) is 5.52. The van der Waals surface area contributed by atoms with E-state index < -0.39 is 0 Å². The largest absolute Gasteiger partial charge is 0.334 e. The van der Waals surface area contributed by atoms with E-state index >= 15 is 0 Å². The topological polar surface area (TPSA) is 59.2 Å². The van der Waals surface area contributed by atoms with E-state index in [1.165, 1.54) is 18.4 Å². The van der Waals surface area contributed by atoms with Crippen LogP contribution in [-0.4, -0.2) is 34.9 Å². The van der Waals surface area contributed by atoms with E-state index in [2.05, 4.69) is 26.0 Å². The predicted octanol–water partition coefficient (Wildman–Crippen LogP) is 3.29. The summed E-state index contributed by atoms with van der Waals surface area (Å²) < 4.78 is 0. The van der Waals surface area contributed by atoms with Crippen molar-refractivity contribution in [1.29, 1.82) is 0 Å². The molecule has 1 atom stereocenters. The Morgan fingerprint density at radius 3 is 2.75 bits per heavy atom. The number of carbonyl (C=O) groups is 1. The van der Waals surface area contributed by atoms with Crippen molar-refractivity contribution in [3.05, 3.63) is 40.6 Å². The first-order valence-electron chi connectivity index (χ1n) is 9.01. The second-order valence-electron chi connectivity index (χ2n) is 7.38. The van der Waals surface area contributed by atoms with Crippen LogP contribution >= 0.6 is 0 Å². The maximum atomic E-state index is 13.3. The summed E-state index contributed by atoms with van der Waals surface area (Å²) >= 11 is 0. The van der Waals surface area contributed by atoms with Crippen LogP contribution in [0.1, 0.15) is 58.8 Å². The molecule has 1 amide bonds. The molecule has 0 spiro atoms. The van der Waals surface area contributed by atoms with Gasteiger partial charge in [-0.15, -0.1) is 0 Å². The number of likely N-dealkylation sites (tertiary alicyclic amines) is 1. The van der Waals surface area contributed by atoms with Crippen molar-refractivity contribution in [2.24, 2.45) is 5.73 Å². The smallest absolute Gasteiger partial charge is 0.254 e. The molecule has 1 aromatic heterocycles. The zero-order valence-electron chi connectivity index (χ0n) is 14.5. The summed E-state index contributed by atoms with van der Waals surface area (Å²) in [5.74, 6) is 0.660. The standard InChI is InChI=1S/C20H25N3O/c1-12-8-13(2)19-16(9-12)17(10-18(22-19)14-5-6-14)20(24)23-7-3-4-15(23)11-21/h8-10,14-15H,3-7,11,21H2,1-2H3. The Morgan fingerprint density at radius 2 is 2.04 bits per heavy atom. The molecule has 126 valence electrons. The second kappa shape index (κ2) is 5.85. The molecule has 1 aliphatic carbocycles. The van der Waals surface area contributed by atoms with Crippen LogP contribution in [0.4, 0.5) is 0 Å². The quantitative estimate of drug-likeness (QED) is 0.943. The number of pyridine rings is 1. The zero-order chi connectivity index (χ0) is 16.8. The zero-order valence-corrected chi connectivity index (χ0v) is 14.5. The maximum absolute atomic E-state index is 13.3. The number of benzene rings is 1. The number of fused-ring (bicyclic) bond motifs is 1. The molecule has 4 heteroatoms. The summed E-state index contributed by atoms with van der Waals surface area (Å²) in [4.78, 5) is 20.2. The van der Waals surface area contributed by atoms with Gasteiger partial charge in [-0.1, -0.05) is 11.6 Å². The molecule has 2 aromatic rings. The molecular formula is C20H25N3O. The Hall–Kier alpha value is -1.94. The van der Waals surface area contributed by atoms with Crippen LogP contribution in [-0.2, 0) is 0 Å². The van der Waals surface area contributed by atoms with Gasteiger partial charge in [0.1, 0.15) is 0 Å². The molecule has 1 saturated carbocycles. The molecule has 1 aromatic carbocycles. The van der Waals surface area contributed by atoms with Crippen molar-refractivity contribution in [3.63, 3.8) is 0 Å². The van der Waals surface area contributed by atoms with Gasteiger partial charge in [0.2, 0.25) is 0 Å². The first-order chi connectivity index (χ1) is 11.6. The van der Waals surface area contributed by atoms with E-state index in [9.17, 15) is 4.79 Å². The van der Waals surface area contributed by atoms with Gasteiger partial charge in [-0.05, 0) is 57.2 Å². The Labute approximate surface area is 143 Å². The van der Waals surface area contributed by atoms with E-state index in [1.54, 1.807) is 0 Å². The Kier molecular flexibility index (Phi) is 3.80. The number of hydrogen-bond acceptors (Lipinski definition) is 3. The molecule has 1 unspecified atom stereocenters. The molecule has 2 N–H and O–H groups in total. The van der Waals surface area contributed by atoms with Crippen molar-refractivity contribution >= 4 is 16.8 Å². The van der Waals surface area contributed by atoms with Crippen LogP contribution < -0.4 is 5.73 Å². The lowest BCUT2D eigenvalue weighted by Crippen LogP contribution is -2.40. The van der Waals surface area contributed by atoms with Crippen molar-refractivity contribution in [1.82, 2.24) is 9.88 Å². The van der Waals surface area contributed by atoms with Gasteiger partial charge in [-0.2, -0.15) is 0 Å². The number of nitrogens with two attached hydrogens (primary N) is 1. The fraction of sp³-hybridized carbons (Fsp3) is 0.500. The average Bonchev–Trinajstić information content (AvgIpc) is 3.30. The third-order valence-corrected chi connectivity index (χ3v) is 5.40. The normalized spacial score (nSPS) is 20.8. The van der Waals surface area contributed by atoms with Gasteiger partial charge >= 0.3 is 0 Å². The average molecular weight is 323 g/mol. The number of carbonyl (C=O) groups excluding carboxylic acids is 1. The van der Waals surface area contributed by atoms with E-state index in [-0.39, 0.29) is 11.9 Å². The lowest BCUT2D eigenvalue weighted by atomic mass is 9.99. The third kappa shape index (κ3) is 2.59. The lowest BCUT2D eigenvalue weighted by Gasteiger charge is -2.24. The molecule has 4 rings (SSSR count). The molecule has 4 nitrogen and oxygen atoms in total. The molecule has 2 fully saturated rings. The fourth-order valence-corrected chi connectivity index (χ4v) is 3.97. The van der Waals surface area contributed by atoms with E-state index in [0.717, 1.165) is 47.1 Å². The highest BCUT2D eigenvalue weighted by molar-refractivity contribution is 6.07. The molecule has 2 heterocycles. The number of aryl methyl sites for hydroxylation is 2. The van der Waals surface area contributed by atoms with Gasteiger partial charge in [0.05, 0.1) is 11.1 Å². The SMILES string of the molecule is Cc1cc(C)c2nc(C3CC3)cc(C(=O)N3CCCC3CN)c2c1. The van der Waals surface area contributed by atoms with E-state index in [1.807, 2.05) is 11.0 Å². The first-order valence-corrected chi connectivity index (χ1v) is 9.01. The van der Waals surface area contributed by atoms with Gasteiger partial charge in [0, 0.05) is 36.1 Å². The number of aromatic nitrogens is 1. The van der Waals surface area contributed by atoms with E-state index in [0.29, 0.717) is 12.5 Å². The van der Waals surface area contributed by atoms with Crippen molar-refractivity contribution in [2.75, 3.05) is 13.1 Å². The Balaban J connectivity index is 1.87. The van der Waals surface area contributed by atoms with Crippen LogP contribution in [0, 0.1) is 13.8 Å². The maximum Gasteiger partial charge on any atom is 0.254 e. The number of rotatable bonds is 3. The van der Waals surface area contributed by atoms with Crippen LogP contribution in [0.25, 0.3) is 10.9 Å². The molecule has 24 heavy (non-hydrogen) atoms. The van der Waals surface area contributed by atoms with Gasteiger partial charge < -0.3 is 10.6 Å². The minimum absolute atomic E-state index is 0.127. The summed E-state index contributed by atoms with van der Waals surface area (Å²) in [6.07, 6.45) is 4.43. The summed E-state index contributed by atoms with van der Waals surface area (Å²) in [6, 6.07) is 6.48. The van der Waals surface area contributed by atoms with Gasteiger partial charge in [0.25, 0.3) is 5.91 Å². The third-order valence-electron chi connectivity index (χ3n) is 5.40.